The number of nitrogens with zero attached hydrogens (tertiary/aromatic N) is 3. The number of nitrogens with one attached hydrogen (secondary N) is 1. The van der Waals surface area contributed by atoms with Crippen molar-refractivity contribution < 1.29 is 9.59 Å². The molecule has 1 aromatic heterocycles. The fourth-order valence-corrected chi connectivity index (χ4v) is 4.13. The molecule has 3 aromatic rings. The predicted molar refractivity (Wildman–Crippen MR) is 125 cm³/mol. The van der Waals surface area contributed by atoms with Gasteiger partial charge in [0.05, 0.1) is 5.69 Å². The van der Waals surface area contributed by atoms with E-state index >= 15 is 0 Å². The fourth-order valence-electron chi connectivity index (χ4n) is 4.13. The van der Waals surface area contributed by atoms with Crippen molar-refractivity contribution >= 4 is 23.5 Å². The van der Waals surface area contributed by atoms with Crippen LogP contribution in [0.25, 0.3) is 11.3 Å². The first kappa shape index (κ1) is 21.5. The Morgan fingerprint density at radius 2 is 1.91 bits per heavy atom. The van der Waals surface area contributed by atoms with E-state index in [0.717, 1.165) is 36.3 Å². The lowest BCUT2D eigenvalue weighted by Crippen LogP contribution is -2.39. The van der Waals surface area contributed by atoms with E-state index in [-0.39, 0.29) is 5.91 Å². The zero-order valence-electron chi connectivity index (χ0n) is 18.3. The van der Waals surface area contributed by atoms with E-state index in [1.54, 1.807) is 24.4 Å². The van der Waals surface area contributed by atoms with E-state index in [1.165, 1.54) is 6.42 Å². The molecule has 2 heterocycles. The van der Waals surface area contributed by atoms with Gasteiger partial charge in [0.2, 0.25) is 11.9 Å². The van der Waals surface area contributed by atoms with Crippen LogP contribution >= 0.6 is 0 Å². The first-order chi connectivity index (χ1) is 15.4. The standard InChI is InChI=1S/C25H27N5O2/c1-16-5-4-14-30(15-16)24(32)18-8-10-19(11-9-18)28-25-27-13-12-22(29-25)20-6-3-7-21(17(20)2)23(26)31/h3,6-13,16H,4-5,14-15H2,1-2H3,(H2,26,31)(H,27,28,29). The molecule has 4 rings (SSSR count). The average Bonchev–Trinajstić information content (AvgIpc) is 2.79. The molecule has 0 saturated carbocycles. The molecule has 32 heavy (non-hydrogen) atoms. The quantitative estimate of drug-likeness (QED) is 0.634. The van der Waals surface area contributed by atoms with E-state index in [1.807, 2.05) is 42.2 Å². The number of piperidine rings is 1. The molecule has 0 spiro atoms. The van der Waals surface area contributed by atoms with Crippen LogP contribution in [-0.2, 0) is 0 Å². The first-order valence-electron chi connectivity index (χ1n) is 10.8. The van der Waals surface area contributed by atoms with Gasteiger partial charge in [0.1, 0.15) is 0 Å². The van der Waals surface area contributed by atoms with Crippen LogP contribution < -0.4 is 11.1 Å². The van der Waals surface area contributed by atoms with Crippen molar-refractivity contribution in [3.05, 3.63) is 71.4 Å². The van der Waals surface area contributed by atoms with Crippen LogP contribution in [0.2, 0.25) is 0 Å². The summed E-state index contributed by atoms with van der Waals surface area (Å²) in [6, 6.07) is 14.6. The average molecular weight is 430 g/mol. The molecule has 164 valence electrons. The van der Waals surface area contributed by atoms with Crippen molar-refractivity contribution in [3.8, 4) is 11.3 Å². The molecule has 7 nitrogen and oxygen atoms in total. The SMILES string of the molecule is Cc1c(C(N)=O)cccc1-c1ccnc(Nc2ccc(C(=O)N3CCCC(C)C3)cc2)n1. The molecule has 1 atom stereocenters. The molecule has 1 fully saturated rings. The number of nitrogens with two attached hydrogens (primary N) is 1. The van der Waals surface area contributed by atoms with Crippen LogP contribution in [0.15, 0.2) is 54.7 Å². The monoisotopic (exact) mass is 429 g/mol. The Morgan fingerprint density at radius 3 is 2.62 bits per heavy atom. The highest BCUT2D eigenvalue weighted by molar-refractivity contribution is 5.96. The van der Waals surface area contributed by atoms with Gasteiger partial charge in [0.25, 0.3) is 5.91 Å². The lowest BCUT2D eigenvalue weighted by atomic mass is 9.99. The van der Waals surface area contributed by atoms with Crippen molar-refractivity contribution in [2.24, 2.45) is 11.7 Å². The number of carbonyl (C=O) groups excluding carboxylic acids is 2. The Kier molecular flexibility index (Phi) is 6.16. The molecule has 2 aromatic carbocycles. The van der Waals surface area contributed by atoms with Crippen LogP contribution in [0.1, 0.15) is 46.0 Å². The van der Waals surface area contributed by atoms with Crippen molar-refractivity contribution in [2.75, 3.05) is 18.4 Å². The summed E-state index contributed by atoms with van der Waals surface area (Å²) in [7, 11) is 0. The number of carbonyl (C=O) groups is 2. The minimum absolute atomic E-state index is 0.0751. The summed E-state index contributed by atoms with van der Waals surface area (Å²) in [6.07, 6.45) is 3.90. The van der Waals surface area contributed by atoms with Gasteiger partial charge in [0, 0.05) is 41.7 Å². The lowest BCUT2D eigenvalue weighted by molar-refractivity contribution is 0.0683. The molecule has 1 aliphatic rings. The summed E-state index contributed by atoms with van der Waals surface area (Å²) < 4.78 is 0. The zero-order valence-corrected chi connectivity index (χ0v) is 18.3. The normalized spacial score (nSPS) is 15.9. The lowest BCUT2D eigenvalue weighted by Gasteiger charge is -2.31. The number of likely N-dealkylation sites (tertiary alicyclic amines) is 1. The third-order valence-electron chi connectivity index (χ3n) is 5.86. The Hall–Kier alpha value is -3.74. The van der Waals surface area contributed by atoms with Crippen molar-refractivity contribution in [3.63, 3.8) is 0 Å². The number of anilines is 2. The molecule has 3 N–H and O–H groups in total. The van der Waals surface area contributed by atoms with Crippen molar-refractivity contribution in [1.82, 2.24) is 14.9 Å². The highest BCUT2D eigenvalue weighted by Crippen LogP contribution is 2.25. The van der Waals surface area contributed by atoms with E-state index in [9.17, 15) is 9.59 Å². The van der Waals surface area contributed by atoms with Crippen LogP contribution in [0.5, 0.6) is 0 Å². The van der Waals surface area contributed by atoms with Gasteiger partial charge in [-0.3, -0.25) is 9.59 Å². The van der Waals surface area contributed by atoms with Crippen LogP contribution in [0.4, 0.5) is 11.6 Å². The molecule has 0 radical (unpaired) electrons. The largest absolute Gasteiger partial charge is 0.366 e. The summed E-state index contributed by atoms with van der Waals surface area (Å²) in [5, 5.41) is 3.18. The molecule has 0 aliphatic carbocycles. The Morgan fingerprint density at radius 1 is 1.12 bits per heavy atom. The summed E-state index contributed by atoms with van der Waals surface area (Å²) >= 11 is 0. The second-order valence-corrected chi connectivity index (χ2v) is 8.31. The van der Waals surface area contributed by atoms with Crippen LogP contribution in [0, 0.1) is 12.8 Å². The van der Waals surface area contributed by atoms with Gasteiger partial charge in [-0.25, -0.2) is 9.97 Å². The topological polar surface area (TPSA) is 101 Å². The van der Waals surface area contributed by atoms with Gasteiger partial charge < -0.3 is 16.0 Å². The maximum absolute atomic E-state index is 12.8. The van der Waals surface area contributed by atoms with Gasteiger partial charge in [-0.05, 0) is 67.6 Å². The maximum atomic E-state index is 12.8. The number of rotatable bonds is 5. The first-order valence-corrected chi connectivity index (χ1v) is 10.8. The molecular formula is C25H27N5O2. The molecular weight excluding hydrogens is 402 g/mol. The molecule has 1 aliphatic heterocycles. The molecule has 2 amide bonds. The highest BCUT2D eigenvalue weighted by Gasteiger charge is 2.22. The van der Waals surface area contributed by atoms with E-state index in [4.69, 9.17) is 5.73 Å². The van der Waals surface area contributed by atoms with Gasteiger partial charge in [-0.2, -0.15) is 0 Å². The summed E-state index contributed by atoms with van der Waals surface area (Å²) in [4.78, 5) is 35.3. The van der Waals surface area contributed by atoms with Crippen molar-refractivity contribution in [1.29, 1.82) is 0 Å². The van der Waals surface area contributed by atoms with Gasteiger partial charge >= 0.3 is 0 Å². The minimum Gasteiger partial charge on any atom is -0.366 e. The van der Waals surface area contributed by atoms with Gasteiger partial charge in [0.15, 0.2) is 0 Å². The highest BCUT2D eigenvalue weighted by atomic mass is 16.2. The number of primary amides is 1. The minimum atomic E-state index is -0.467. The predicted octanol–water partition coefficient (Wildman–Crippen LogP) is 4.17. The Labute approximate surface area is 187 Å². The van der Waals surface area contributed by atoms with Crippen molar-refractivity contribution in [2.45, 2.75) is 26.7 Å². The number of amides is 2. The number of aromatic nitrogens is 2. The van der Waals surface area contributed by atoms with Gasteiger partial charge in [-0.1, -0.05) is 19.1 Å². The maximum Gasteiger partial charge on any atom is 0.253 e. The third-order valence-corrected chi connectivity index (χ3v) is 5.86. The van der Waals surface area contributed by atoms with Crippen LogP contribution in [0.3, 0.4) is 0 Å². The summed E-state index contributed by atoms with van der Waals surface area (Å²) in [5.74, 6) is 0.581. The van der Waals surface area contributed by atoms with E-state index < -0.39 is 5.91 Å². The number of benzene rings is 2. The Bertz CT molecular complexity index is 1140. The second kappa shape index (κ2) is 9.18. The second-order valence-electron chi connectivity index (χ2n) is 8.31. The fraction of sp³-hybridized carbons (Fsp3) is 0.280. The van der Waals surface area contributed by atoms with Gasteiger partial charge in [-0.15, -0.1) is 0 Å². The number of hydrogen-bond acceptors (Lipinski definition) is 5. The smallest absolute Gasteiger partial charge is 0.253 e. The summed E-state index contributed by atoms with van der Waals surface area (Å²) in [6.45, 7) is 5.67. The molecule has 1 unspecified atom stereocenters. The van der Waals surface area contributed by atoms with E-state index in [0.29, 0.717) is 28.7 Å². The molecule has 7 heteroatoms. The number of hydrogen-bond donors (Lipinski definition) is 2. The molecule has 1 saturated heterocycles. The Balaban J connectivity index is 1.50. The summed E-state index contributed by atoms with van der Waals surface area (Å²) in [5.41, 5.74) is 9.69. The third kappa shape index (κ3) is 4.61. The van der Waals surface area contributed by atoms with E-state index in [2.05, 4.69) is 22.2 Å². The molecule has 0 bridgehead atoms. The van der Waals surface area contributed by atoms with Crippen LogP contribution in [-0.4, -0.2) is 39.8 Å². The zero-order chi connectivity index (χ0) is 22.7.